The van der Waals surface area contributed by atoms with Crippen LogP contribution in [0.4, 0.5) is 5.69 Å². The maximum atomic E-state index is 12.3. The largest absolute Gasteiger partial charge is 0.350 e. The van der Waals surface area contributed by atoms with E-state index in [0.29, 0.717) is 17.1 Å². The van der Waals surface area contributed by atoms with Crippen molar-refractivity contribution >= 4 is 33.2 Å². The van der Waals surface area contributed by atoms with Crippen molar-refractivity contribution in [1.29, 1.82) is 0 Å². The van der Waals surface area contributed by atoms with Crippen molar-refractivity contribution in [3.63, 3.8) is 0 Å². The summed E-state index contributed by atoms with van der Waals surface area (Å²) in [5.74, 6) is -0.103. The van der Waals surface area contributed by atoms with Gasteiger partial charge in [0.15, 0.2) is 0 Å². The van der Waals surface area contributed by atoms with Crippen LogP contribution >= 0.6 is 11.6 Å². The Morgan fingerprint density at radius 3 is 2.41 bits per heavy atom. The number of benzene rings is 2. The van der Waals surface area contributed by atoms with Gasteiger partial charge in [-0.05, 0) is 55.5 Å². The minimum absolute atomic E-state index is 0.102. The average Bonchev–Trinajstić information content (AvgIpc) is 2.66. The van der Waals surface area contributed by atoms with Crippen LogP contribution in [0.1, 0.15) is 49.4 Å². The molecule has 1 N–H and O–H groups in total. The molecule has 29 heavy (non-hydrogen) atoms. The lowest BCUT2D eigenvalue weighted by Crippen LogP contribution is -2.33. The van der Waals surface area contributed by atoms with Crippen LogP contribution in [0.15, 0.2) is 42.5 Å². The van der Waals surface area contributed by atoms with Crippen LogP contribution in [0, 0.1) is 6.92 Å². The molecule has 0 aliphatic heterocycles. The van der Waals surface area contributed by atoms with Gasteiger partial charge >= 0.3 is 0 Å². The Kier molecular flexibility index (Phi) is 8.11. The molecule has 1 atom stereocenters. The van der Waals surface area contributed by atoms with Crippen molar-refractivity contribution in [2.45, 2.75) is 46.1 Å². The second kappa shape index (κ2) is 10.1. The normalized spacial score (nSPS) is 12.4. The molecule has 0 heterocycles. The fraction of sp³-hybridized carbons (Fsp3) is 0.409. The summed E-state index contributed by atoms with van der Waals surface area (Å²) in [4.78, 5) is 12.3. The molecule has 0 aliphatic carbocycles. The molecule has 0 fully saturated rings. The zero-order valence-corrected chi connectivity index (χ0v) is 19.0. The Labute approximate surface area is 179 Å². The number of carbonyl (C=O) groups excluding carboxylic acids is 1. The number of nitrogens with zero attached hydrogens (tertiary/aromatic N) is 1. The van der Waals surface area contributed by atoms with Gasteiger partial charge in [-0.3, -0.25) is 9.10 Å². The molecule has 7 heteroatoms. The molecule has 0 saturated carbocycles. The zero-order valence-electron chi connectivity index (χ0n) is 17.4. The number of halogens is 1. The van der Waals surface area contributed by atoms with E-state index in [1.165, 1.54) is 9.87 Å². The van der Waals surface area contributed by atoms with Crippen molar-refractivity contribution in [2.75, 3.05) is 17.1 Å². The third kappa shape index (κ3) is 6.75. The van der Waals surface area contributed by atoms with Gasteiger partial charge in [0, 0.05) is 18.0 Å². The fourth-order valence-electron chi connectivity index (χ4n) is 3.14. The van der Waals surface area contributed by atoms with E-state index in [4.69, 9.17) is 11.6 Å². The zero-order chi connectivity index (χ0) is 21.6. The third-order valence-corrected chi connectivity index (χ3v) is 6.29. The molecular formula is C22H29ClN2O3S. The first-order chi connectivity index (χ1) is 13.6. The predicted octanol–water partition coefficient (Wildman–Crippen LogP) is 4.63. The number of carbonyl (C=O) groups is 1. The molecule has 2 rings (SSSR count). The number of nitrogens with one attached hydrogen (secondary N) is 1. The monoisotopic (exact) mass is 436 g/mol. The van der Waals surface area contributed by atoms with Gasteiger partial charge in [0.25, 0.3) is 0 Å². The first-order valence-electron chi connectivity index (χ1n) is 9.74. The molecule has 5 nitrogen and oxygen atoms in total. The summed E-state index contributed by atoms with van der Waals surface area (Å²) in [5, 5.41) is 3.45. The Balaban J connectivity index is 1.96. The van der Waals surface area contributed by atoms with Gasteiger partial charge in [-0.25, -0.2) is 8.42 Å². The molecule has 0 bridgehead atoms. The highest BCUT2D eigenvalue weighted by atomic mass is 35.5. The van der Waals surface area contributed by atoms with Crippen molar-refractivity contribution in [3.8, 4) is 0 Å². The van der Waals surface area contributed by atoms with Crippen molar-refractivity contribution in [1.82, 2.24) is 5.32 Å². The number of amides is 1. The Morgan fingerprint density at radius 1 is 1.17 bits per heavy atom. The summed E-state index contributed by atoms with van der Waals surface area (Å²) < 4.78 is 25.9. The minimum Gasteiger partial charge on any atom is -0.350 e. The smallest absolute Gasteiger partial charge is 0.232 e. The molecule has 158 valence electrons. The van der Waals surface area contributed by atoms with E-state index in [-0.39, 0.29) is 24.9 Å². The van der Waals surface area contributed by atoms with E-state index in [1.807, 2.05) is 26.0 Å². The van der Waals surface area contributed by atoms with Crippen LogP contribution < -0.4 is 9.62 Å². The second-order valence-corrected chi connectivity index (χ2v) is 9.60. The molecular weight excluding hydrogens is 408 g/mol. The Hall–Kier alpha value is -2.05. The van der Waals surface area contributed by atoms with Gasteiger partial charge in [0.05, 0.1) is 18.0 Å². The average molecular weight is 437 g/mol. The molecule has 0 aliphatic rings. The van der Waals surface area contributed by atoms with Crippen molar-refractivity contribution in [3.05, 3.63) is 64.2 Å². The lowest BCUT2D eigenvalue weighted by Gasteiger charge is -2.24. The summed E-state index contributed by atoms with van der Waals surface area (Å²) in [6, 6.07) is 13.2. The number of hydrogen-bond donors (Lipinski definition) is 1. The lowest BCUT2D eigenvalue weighted by atomic mass is 10.0. The van der Waals surface area contributed by atoms with Gasteiger partial charge in [0.2, 0.25) is 15.9 Å². The first-order valence-corrected chi connectivity index (χ1v) is 12.0. The van der Waals surface area contributed by atoms with E-state index < -0.39 is 10.0 Å². The highest BCUT2D eigenvalue weighted by Gasteiger charge is 2.20. The number of rotatable bonds is 9. The van der Waals surface area contributed by atoms with E-state index >= 15 is 0 Å². The van der Waals surface area contributed by atoms with Gasteiger partial charge in [-0.2, -0.15) is 0 Å². The lowest BCUT2D eigenvalue weighted by molar-refractivity contribution is -0.121. The quantitative estimate of drug-likeness (QED) is 0.622. The van der Waals surface area contributed by atoms with Crippen LogP contribution in [0.5, 0.6) is 0 Å². The number of aryl methyl sites for hydroxylation is 2. The van der Waals surface area contributed by atoms with Crippen LogP contribution in [0.2, 0.25) is 5.02 Å². The summed E-state index contributed by atoms with van der Waals surface area (Å²) in [5.41, 5.74) is 3.66. The molecule has 0 radical (unpaired) electrons. The van der Waals surface area contributed by atoms with Gasteiger partial charge in [0.1, 0.15) is 0 Å². The Bertz CT molecular complexity index is 943. The van der Waals surface area contributed by atoms with Gasteiger partial charge < -0.3 is 5.32 Å². The maximum Gasteiger partial charge on any atom is 0.232 e. The van der Waals surface area contributed by atoms with E-state index in [9.17, 15) is 13.2 Å². The second-order valence-electron chi connectivity index (χ2n) is 7.25. The Morgan fingerprint density at radius 2 is 1.83 bits per heavy atom. The summed E-state index contributed by atoms with van der Waals surface area (Å²) in [7, 11) is -3.48. The SMILES string of the molecule is CCc1ccc([C@@H](C)NC(=O)CCCN(c2cc(Cl)ccc2C)S(C)(=O)=O)cc1. The number of hydrogen-bond acceptors (Lipinski definition) is 3. The first kappa shape index (κ1) is 23.2. The van der Waals surface area contributed by atoms with Crippen LogP contribution in [0.25, 0.3) is 0 Å². The molecule has 0 saturated heterocycles. The van der Waals surface area contributed by atoms with E-state index in [2.05, 4.69) is 24.4 Å². The molecule has 2 aromatic carbocycles. The predicted molar refractivity (Wildman–Crippen MR) is 120 cm³/mol. The summed E-state index contributed by atoms with van der Waals surface area (Å²) in [6.07, 6.45) is 2.79. The summed E-state index contributed by atoms with van der Waals surface area (Å²) in [6.45, 7) is 6.09. The highest BCUT2D eigenvalue weighted by molar-refractivity contribution is 7.92. The van der Waals surface area contributed by atoms with Crippen molar-refractivity contribution < 1.29 is 13.2 Å². The molecule has 0 unspecified atom stereocenters. The van der Waals surface area contributed by atoms with Gasteiger partial charge in [-0.1, -0.05) is 48.9 Å². The maximum absolute atomic E-state index is 12.3. The van der Waals surface area contributed by atoms with Crippen LogP contribution in [0.3, 0.4) is 0 Å². The summed E-state index contributed by atoms with van der Waals surface area (Å²) >= 11 is 6.04. The standard InChI is InChI=1S/C22H29ClN2O3S/c1-5-18-9-11-19(12-10-18)17(3)24-22(26)7-6-14-25(29(4,27)28)21-15-20(23)13-8-16(21)2/h8-13,15,17H,5-7,14H2,1-4H3,(H,24,26)/t17-/m1/s1. The molecule has 2 aromatic rings. The molecule has 0 spiro atoms. The third-order valence-electron chi connectivity index (χ3n) is 4.87. The minimum atomic E-state index is -3.48. The molecule has 0 aromatic heterocycles. The number of anilines is 1. The van der Waals surface area contributed by atoms with Crippen LogP contribution in [-0.4, -0.2) is 27.1 Å². The van der Waals surface area contributed by atoms with E-state index in [1.54, 1.807) is 18.2 Å². The highest BCUT2D eigenvalue weighted by Crippen LogP contribution is 2.26. The fourth-order valence-corrected chi connectivity index (χ4v) is 4.32. The number of sulfonamides is 1. The van der Waals surface area contributed by atoms with Crippen molar-refractivity contribution in [2.24, 2.45) is 0 Å². The van der Waals surface area contributed by atoms with Crippen LogP contribution in [-0.2, 0) is 21.2 Å². The van der Waals surface area contributed by atoms with E-state index in [0.717, 1.165) is 23.8 Å². The van der Waals surface area contributed by atoms with Gasteiger partial charge in [-0.15, -0.1) is 0 Å². The topological polar surface area (TPSA) is 66.5 Å². The molecule has 1 amide bonds.